The molecule has 0 aliphatic rings. The molecule has 0 aromatic heterocycles. The summed E-state index contributed by atoms with van der Waals surface area (Å²) in [5.41, 5.74) is 0.976. The van der Waals surface area contributed by atoms with Crippen LogP contribution in [-0.4, -0.2) is 44.1 Å². The van der Waals surface area contributed by atoms with Crippen LogP contribution in [-0.2, 0) is 20.9 Å². The molecule has 0 bridgehead atoms. The Labute approximate surface area is 159 Å². The highest BCUT2D eigenvalue weighted by Crippen LogP contribution is 2.19. The fraction of sp³-hybridized carbons (Fsp3) is 0.333. The van der Waals surface area contributed by atoms with Crippen molar-refractivity contribution in [1.29, 1.82) is 0 Å². The molecule has 0 N–H and O–H groups in total. The largest absolute Gasteiger partial charge is 0.497 e. The Kier molecular flexibility index (Phi) is 7.67. The Bertz CT molecular complexity index is 747. The maximum atomic E-state index is 12.7. The van der Waals surface area contributed by atoms with E-state index in [1.807, 2.05) is 30.3 Å². The molecule has 0 aliphatic carbocycles. The third kappa shape index (κ3) is 6.33. The molecule has 6 heteroatoms. The molecule has 0 heterocycles. The molecule has 1 unspecified atom stereocenters. The first-order chi connectivity index (χ1) is 13.0. The van der Waals surface area contributed by atoms with Gasteiger partial charge in [0.1, 0.15) is 11.5 Å². The number of esters is 1. The average molecular weight is 371 g/mol. The highest BCUT2D eigenvalue weighted by molar-refractivity contribution is 5.79. The van der Waals surface area contributed by atoms with Crippen LogP contribution in [0.4, 0.5) is 0 Å². The lowest BCUT2D eigenvalue weighted by atomic mass is 10.1. The second-order valence-corrected chi connectivity index (χ2v) is 6.15. The summed E-state index contributed by atoms with van der Waals surface area (Å²) in [4.78, 5) is 26.1. The van der Waals surface area contributed by atoms with Crippen LogP contribution in [0.2, 0.25) is 0 Å². The SMILES string of the molecule is COC(=O)C(C)CN(Cc1ccccc1)C(=O)COc1cccc(OC)c1. The van der Waals surface area contributed by atoms with Crippen molar-refractivity contribution in [3.8, 4) is 11.5 Å². The minimum absolute atomic E-state index is 0.131. The maximum absolute atomic E-state index is 12.7. The highest BCUT2D eigenvalue weighted by Gasteiger charge is 2.22. The Morgan fingerprint density at radius 3 is 2.37 bits per heavy atom. The van der Waals surface area contributed by atoms with Gasteiger partial charge in [0, 0.05) is 19.2 Å². The summed E-state index contributed by atoms with van der Waals surface area (Å²) in [5, 5.41) is 0. The van der Waals surface area contributed by atoms with Gasteiger partial charge in [0.05, 0.1) is 20.1 Å². The van der Waals surface area contributed by atoms with Gasteiger partial charge in [-0.3, -0.25) is 9.59 Å². The molecule has 0 saturated carbocycles. The minimum Gasteiger partial charge on any atom is -0.497 e. The second-order valence-electron chi connectivity index (χ2n) is 6.15. The van der Waals surface area contributed by atoms with Crippen LogP contribution in [0.25, 0.3) is 0 Å². The fourth-order valence-corrected chi connectivity index (χ4v) is 2.59. The Balaban J connectivity index is 2.05. The number of hydrogen-bond donors (Lipinski definition) is 0. The lowest BCUT2D eigenvalue weighted by Crippen LogP contribution is -2.39. The van der Waals surface area contributed by atoms with Crippen LogP contribution >= 0.6 is 0 Å². The summed E-state index contributed by atoms with van der Waals surface area (Å²) in [5.74, 6) is 0.204. The van der Waals surface area contributed by atoms with Crippen LogP contribution in [0.15, 0.2) is 54.6 Å². The molecule has 6 nitrogen and oxygen atoms in total. The molecular weight excluding hydrogens is 346 g/mol. The zero-order valence-electron chi connectivity index (χ0n) is 15.9. The van der Waals surface area contributed by atoms with Gasteiger partial charge in [-0.05, 0) is 17.7 Å². The van der Waals surface area contributed by atoms with Gasteiger partial charge < -0.3 is 19.1 Å². The first-order valence-corrected chi connectivity index (χ1v) is 8.70. The second kappa shape index (κ2) is 10.2. The number of rotatable bonds is 9. The van der Waals surface area contributed by atoms with Crippen molar-refractivity contribution in [3.05, 3.63) is 60.2 Å². The summed E-state index contributed by atoms with van der Waals surface area (Å²) < 4.78 is 15.5. The molecule has 2 aromatic rings. The van der Waals surface area contributed by atoms with Crippen molar-refractivity contribution in [2.45, 2.75) is 13.5 Å². The third-order valence-corrected chi connectivity index (χ3v) is 4.07. The van der Waals surface area contributed by atoms with Gasteiger partial charge in [0.25, 0.3) is 5.91 Å². The van der Waals surface area contributed by atoms with Crippen LogP contribution in [0.3, 0.4) is 0 Å². The number of amides is 1. The lowest BCUT2D eigenvalue weighted by molar-refractivity contribution is -0.147. The van der Waals surface area contributed by atoms with E-state index in [-0.39, 0.29) is 25.0 Å². The van der Waals surface area contributed by atoms with E-state index < -0.39 is 5.92 Å². The fourth-order valence-electron chi connectivity index (χ4n) is 2.59. The smallest absolute Gasteiger partial charge is 0.310 e. The van der Waals surface area contributed by atoms with Gasteiger partial charge in [-0.25, -0.2) is 0 Å². The van der Waals surface area contributed by atoms with E-state index in [1.54, 1.807) is 43.2 Å². The summed E-state index contributed by atoms with van der Waals surface area (Å²) in [7, 11) is 2.91. The number of carbonyl (C=O) groups is 2. The van der Waals surface area contributed by atoms with E-state index in [1.165, 1.54) is 7.11 Å². The van der Waals surface area contributed by atoms with E-state index in [4.69, 9.17) is 14.2 Å². The predicted molar refractivity (Wildman–Crippen MR) is 102 cm³/mol. The number of ether oxygens (including phenoxy) is 3. The molecule has 2 rings (SSSR count). The van der Waals surface area contributed by atoms with E-state index in [9.17, 15) is 9.59 Å². The van der Waals surface area contributed by atoms with Crippen molar-refractivity contribution in [2.24, 2.45) is 5.92 Å². The molecule has 0 saturated heterocycles. The van der Waals surface area contributed by atoms with Crippen LogP contribution in [0, 0.1) is 5.92 Å². The van der Waals surface area contributed by atoms with Crippen LogP contribution < -0.4 is 9.47 Å². The number of benzene rings is 2. The normalized spacial score (nSPS) is 11.4. The molecule has 0 radical (unpaired) electrons. The lowest BCUT2D eigenvalue weighted by Gasteiger charge is -2.25. The van der Waals surface area contributed by atoms with Gasteiger partial charge in [0.15, 0.2) is 6.61 Å². The zero-order valence-corrected chi connectivity index (χ0v) is 15.9. The average Bonchev–Trinajstić information content (AvgIpc) is 2.71. The molecule has 144 valence electrons. The van der Waals surface area contributed by atoms with Crippen molar-refractivity contribution < 1.29 is 23.8 Å². The van der Waals surface area contributed by atoms with Gasteiger partial charge in [0.2, 0.25) is 0 Å². The number of methoxy groups -OCH3 is 2. The number of nitrogens with zero attached hydrogens (tertiary/aromatic N) is 1. The summed E-state index contributed by atoms with van der Waals surface area (Å²) in [6.07, 6.45) is 0. The minimum atomic E-state index is -0.431. The van der Waals surface area contributed by atoms with E-state index in [0.29, 0.717) is 18.0 Å². The molecule has 0 fully saturated rings. The molecule has 1 atom stereocenters. The van der Waals surface area contributed by atoms with E-state index in [0.717, 1.165) is 5.56 Å². The molecular formula is C21H25NO5. The van der Waals surface area contributed by atoms with Gasteiger partial charge in [-0.2, -0.15) is 0 Å². The first kappa shape index (κ1) is 20.3. The van der Waals surface area contributed by atoms with Gasteiger partial charge >= 0.3 is 5.97 Å². The van der Waals surface area contributed by atoms with Gasteiger partial charge in [-0.15, -0.1) is 0 Å². The molecule has 1 amide bonds. The monoisotopic (exact) mass is 371 g/mol. The van der Waals surface area contributed by atoms with E-state index in [2.05, 4.69) is 0 Å². The molecule has 0 aliphatic heterocycles. The quantitative estimate of drug-likeness (QED) is 0.634. The van der Waals surface area contributed by atoms with Gasteiger partial charge in [-0.1, -0.05) is 43.3 Å². The molecule has 0 spiro atoms. The van der Waals surface area contributed by atoms with E-state index >= 15 is 0 Å². The Morgan fingerprint density at radius 2 is 1.70 bits per heavy atom. The van der Waals surface area contributed by atoms with Crippen molar-refractivity contribution in [2.75, 3.05) is 27.4 Å². The Hall–Kier alpha value is -3.02. The molecule has 27 heavy (non-hydrogen) atoms. The highest BCUT2D eigenvalue weighted by atomic mass is 16.5. The summed E-state index contributed by atoms with van der Waals surface area (Å²) >= 11 is 0. The van der Waals surface area contributed by atoms with Crippen LogP contribution in [0.1, 0.15) is 12.5 Å². The number of hydrogen-bond acceptors (Lipinski definition) is 5. The van der Waals surface area contributed by atoms with Crippen molar-refractivity contribution in [1.82, 2.24) is 4.90 Å². The number of carbonyl (C=O) groups excluding carboxylic acids is 2. The Morgan fingerprint density at radius 1 is 1.00 bits per heavy atom. The predicted octanol–water partition coefficient (Wildman–Crippen LogP) is 2.91. The molecule has 2 aromatic carbocycles. The summed E-state index contributed by atoms with van der Waals surface area (Å²) in [6.45, 7) is 2.25. The topological polar surface area (TPSA) is 65.1 Å². The maximum Gasteiger partial charge on any atom is 0.310 e. The zero-order chi connectivity index (χ0) is 19.6. The van der Waals surface area contributed by atoms with Crippen molar-refractivity contribution in [3.63, 3.8) is 0 Å². The summed E-state index contributed by atoms with van der Waals surface area (Å²) in [6, 6.07) is 16.7. The standard InChI is InChI=1S/C21H25NO5/c1-16(21(24)26-3)13-22(14-17-8-5-4-6-9-17)20(23)15-27-19-11-7-10-18(12-19)25-2/h4-12,16H,13-15H2,1-3H3. The van der Waals surface area contributed by atoms with Crippen LogP contribution in [0.5, 0.6) is 11.5 Å². The third-order valence-electron chi connectivity index (χ3n) is 4.07. The first-order valence-electron chi connectivity index (χ1n) is 8.70. The van der Waals surface area contributed by atoms with Crippen molar-refractivity contribution >= 4 is 11.9 Å².